The lowest BCUT2D eigenvalue weighted by Crippen LogP contribution is -2.35. The summed E-state index contributed by atoms with van der Waals surface area (Å²) in [6.07, 6.45) is 4.90. The number of ether oxygens (including phenoxy) is 2. The number of pyridine rings is 2. The van der Waals surface area contributed by atoms with Crippen LogP contribution < -0.4 is 10.3 Å². The van der Waals surface area contributed by atoms with Gasteiger partial charge in [-0.25, -0.2) is 19.3 Å². The van der Waals surface area contributed by atoms with Gasteiger partial charge < -0.3 is 19.0 Å². The molecule has 0 saturated carbocycles. The van der Waals surface area contributed by atoms with Gasteiger partial charge in [0.05, 0.1) is 36.4 Å². The van der Waals surface area contributed by atoms with E-state index >= 15 is 0 Å². The lowest BCUT2D eigenvalue weighted by Gasteiger charge is -2.32. The Morgan fingerprint density at radius 3 is 2.69 bits per heavy atom. The first-order valence-corrected chi connectivity index (χ1v) is 15.6. The summed E-state index contributed by atoms with van der Waals surface area (Å²) in [5.41, 5.74) is 4.18. The molecule has 45 heavy (non-hydrogen) atoms. The number of benzene rings is 1. The molecule has 0 spiro atoms. The Hall–Kier alpha value is -4.19. The Morgan fingerprint density at radius 1 is 1.09 bits per heavy atom. The van der Waals surface area contributed by atoms with E-state index in [1.165, 1.54) is 12.1 Å². The van der Waals surface area contributed by atoms with E-state index in [1.54, 1.807) is 25.1 Å². The highest BCUT2D eigenvalue weighted by atomic mass is 35.5. The van der Waals surface area contributed by atoms with E-state index in [0.29, 0.717) is 46.1 Å². The van der Waals surface area contributed by atoms with Crippen LogP contribution in [0.15, 0.2) is 59.5 Å². The maximum atomic E-state index is 14.2. The van der Waals surface area contributed by atoms with E-state index in [9.17, 15) is 9.18 Å². The molecule has 0 aliphatic carbocycles. The van der Waals surface area contributed by atoms with Gasteiger partial charge in [0.1, 0.15) is 23.9 Å². The second-order valence-corrected chi connectivity index (χ2v) is 12.1. The van der Waals surface area contributed by atoms with E-state index in [2.05, 4.69) is 24.4 Å². The molecule has 2 aliphatic heterocycles. The molecular weight excluding hydrogens is 597 g/mol. The summed E-state index contributed by atoms with van der Waals surface area (Å²) >= 11 is 5.87. The van der Waals surface area contributed by atoms with Crippen molar-refractivity contribution in [3.05, 3.63) is 98.7 Å². The van der Waals surface area contributed by atoms with Crippen molar-refractivity contribution in [2.24, 2.45) is 0 Å². The van der Waals surface area contributed by atoms with Gasteiger partial charge in [-0.3, -0.25) is 14.7 Å². The molecular formula is C33H33ClFN7O3. The second-order valence-electron chi connectivity index (χ2n) is 11.7. The van der Waals surface area contributed by atoms with E-state index in [0.717, 1.165) is 68.1 Å². The number of H-pyrrole nitrogens is 1. The zero-order valence-corrected chi connectivity index (χ0v) is 25.6. The molecule has 2 saturated heterocycles. The van der Waals surface area contributed by atoms with E-state index in [-0.39, 0.29) is 18.3 Å². The summed E-state index contributed by atoms with van der Waals surface area (Å²) in [5.74, 6) is 1.79. The molecule has 1 atom stereocenters. The van der Waals surface area contributed by atoms with Crippen LogP contribution in [0, 0.1) is 12.7 Å². The summed E-state index contributed by atoms with van der Waals surface area (Å²) in [4.78, 5) is 36.1. The number of rotatable bonds is 9. The third-order valence-electron chi connectivity index (χ3n) is 8.51. The van der Waals surface area contributed by atoms with Crippen molar-refractivity contribution in [1.82, 2.24) is 34.4 Å². The Kier molecular flexibility index (Phi) is 8.31. The van der Waals surface area contributed by atoms with Gasteiger partial charge in [0.25, 0.3) is 5.56 Å². The summed E-state index contributed by atoms with van der Waals surface area (Å²) < 4.78 is 28.0. The number of imidazole rings is 1. The van der Waals surface area contributed by atoms with Crippen LogP contribution in [0.5, 0.6) is 5.88 Å². The number of aromatic amines is 1. The van der Waals surface area contributed by atoms with Crippen LogP contribution in [0.3, 0.4) is 0 Å². The number of nitrogens with one attached hydrogen (secondary N) is 1. The van der Waals surface area contributed by atoms with E-state index in [1.807, 2.05) is 24.4 Å². The predicted octanol–water partition coefficient (Wildman–Crippen LogP) is 5.43. The normalized spacial score (nSPS) is 17.4. The maximum absolute atomic E-state index is 14.2. The van der Waals surface area contributed by atoms with Gasteiger partial charge in [-0.05, 0) is 63.5 Å². The van der Waals surface area contributed by atoms with Crippen LogP contribution in [0.1, 0.15) is 48.0 Å². The first kappa shape index (κ1) is 29.5. The molecule has 1 N–H and O–H groups in total. The zero-order chi connectivity index (χ0) is 30.9. The monoisotopic (exact) mass is 629 g/mol. The molecule has 5 aromatic rings. The van der Waals surface area contributed by atoms with Gasteiger partial charge in [0.15, 0.2) is 5.82 Å². The molecule has 6 heterocycles. The van der Waals surface area contributed by atoms with Gasteiger partial charge in [-0.15, -0.1) is 0 Å². The molecule has 1 aromatic carbocycles. The number of aromatic nitrogens is 6. The third-order valence-corrected chi connectivity index (χ3v) is 8.75. The number of piperidine rings is 1. The minimum atomic E-state index is -0.392. The molecule has 2 aliphatic rings. The Bertz CT molecular complexity index is 1900. The molecule has 0 amide bonds. The fourth-order valence-corrected chi connectivity index (χ4v) is 6.13. The van der Waals surface area contributed by atoms with E-state index in [4.69, 9.17) is 31.0 Å². The number of likely N-dealkylation sites (tertiary alicyclic amines) is 1. The van der Waals surface area contributed by atoms with Crippen molar-refractivity contribution in [3.63, 3.8) is 0 Å². The van der Waals surface area contributed by atoms with Crippen LogP contribution in [-0.2, 0) is 24.4 Å². The van der Waals surface area contributed by atoms with Crippen LogP contribution >= 0.6 is 11.6 Å². The van der Waals surface area contributed by atoms with Gasteiger partial charge in [0, 0.05) is 46.6 Å². The van der Waals surface area contributed by atoms with Crippen molar-refractivity contribution in [2.75, 3.05) is 19.7 Å². The molecule has 0 bridgehead atoms. The molecule has 12 heteroatoms. The molecule has 4 aromatic heterocycles. The first-order chi connectivity index (χ1) is 21.9. The van der Waals surface area contributed by atoms with Crippen molar-refractivity contribution < 1.29 is 13.9 Å². The zero-order valence-electron chi connectivity index (χ0n) is 24.9. The fourth-order valence-electron chi connectivity index (χ4n) is 5.98. The average Bonchev–Trinajstić information content (AvgIpc) is 3.34. The first-order valence-electron chi connectivity index (χ1n) is 15.2. The SMILES string of the molecule is Cc1cc(=O)[nH]c(-c2cc3nc(CN4CCC(c5cccc(OCc6ccc(Cl)cc6F)n5)CC4)n(C[C@@H]4CCO4)c3cn2)n1. The molecule has 7 rings (SSSR count). The van der Waals surface area contributed by atoms with Crippen molar-refractivity contribution in [2.45, 2.75) is 57.9 Å². The van der Waals surface area contributed by atoms with Crippen LogP contribution in [0.25, 0.3) is 22.6 Å². The number of nitrogens with zero attached hydrogens (tertiary/aromatic N) is 6. The topological polar surface area (TPSA) is 111 Å². The summed E-state index contributed by atoms with van der Waals surface area (Å²) in [6, 6.07) is 13.7. The lowest BCUT2D eigenvalue weighted by molar-refractivity contribution is -0.0592. The third kappa shape index (κ3) is 6.61. The Morgan fingerprint density at radius 2 is 1.93 bits per heavy atom. The highest BCUT2D eigenvalue weighted by molar-refractivity contribution is 6.30. The maximum Gasteiger partial charge on any atom is 0.251 e. The highest BCUT2D eigenvalue weighted by Crippen LogP contribution is 2.30. The standard InChI is InChI=1S/C33H33ClFN7O3/c1-20-13-31(43)40-33(37-20)28-15-27-29(16-36-28)42(17-24-9-12-44-24)30(38-27)18-41-10-7-21(8-11-41)26-3-2-4-32(39-26)45-19-22-5-6-23(34)14-25(22)35/h2-6,13-16,21,24H,7-12,17-19H2,1H3,(H,37,40,43)/t24-/m0/s1. The number of hydrogen-bond acceptors (Lipinski definition) is 8. The van der Waals surface area contributed by atoms with Gasteiger partial charge in [-0.2, -0.15) is 0 Å². The molecule has 0 radical (unpaired) electrons. The smallest absolute Gasteiger partial charge is 0.251 e. The van der Waals surface area contributed by atoms with Crippen molar-refractivity contribution in [3.8, 4) is 17.4 Å². The number of hydrogen-bond donors (Lipinski definition) is 1. The van der Waals surface area contributed by atoms with Crippen LogP contribution in [0.4, 0.5) is 4.39 Å². The van der Waals surface area contributed by atoms with Crippen molar-refractivity contribution in [1.29, 1.82) is 0 Å². The second kappa shape index (κ2) is 12.7. The Balaban J connectivity index is 1.04. The molecule has 232 valence electrons. The summed E-state index contributed by atoms with van der Waals surface area (Å²) in [6.45, 7) is 5.88. The fraction of sp³-hybridized carbons (Fsp3) is 0.364. The van der Waals surface area contributed by atoms with Gasteiger partial charge in [-0.1, -0.05) is 23.7 Å². The molecule has 10 nitrogen and oxygen atoms in total. The lowest BCUT2D eigenvalue weighted by atomic mass is 9.93. The summed E-state index contributed by atoms with van der Waals surface area (Å²) in [5, 5.41) is 0.354. The van der Waals surface area contributed by atoms with Gasteiger partial charge in [0.2, 0.25) is 5.88 Å². The van der Waals surface area contributed by atoms with E-state index < -0.39 is 5.82 Å². The number of halogens is 2. The largest absolute Gasteiger partial charge is 0.473 e. The van der Waals surface area contributed by atoms with Gasteiger partial charge >= 0.3 is 0 Å². The number of fused-ring (bicyclic) bond motifs is 1. The molecule has 0 unspecified atom stereocenters. The minimum absolute atomic E-state index is 0.0846. The summed E-state index contributed by atoms with van der Waals surface area (Å²) in [7, 11) is 0. The highest BCUT2D eigenvalue weighted by Gasteiger charge is 2.26. The predicted molar refractivity (Wildman–Crippen MR) is 168 cm³/mol. The average molecular weight is 630 g/mol. The quantitative estimate of drug-likeness (QED) is 0.230. The van der Waals surface area contributed by atoms with Crippen molar-refractivity contribution >= 4 is 22.6 Å². The Labute approximate surface area is 264 Å². The molecule has 2 fully saturated rings. The van der Waals surface area contributed by atoms with Crippen LogP contribution in [-0.4, -0.2) is 60.2 Å². The minimum Gasteiger partial charge on any atom is -0.473 e. The number of aryl methyl sites for hydroxylation is 1. The van der Waals surface area contributed by atoms with Crippen LogP contribution in [0.2, 0.25) is 5.02 Å².